The van der Waals surface area contributed by atoms with Gasteiger partial charge in [-0.15, -0.1) is 0 Å². The Kier molecular flexibility index (Phi) is 16.0. The van der Waals surface area contributed by atoms with E-state index in [1.807, 2.05) is 58.0 Å². The van der Waals surface area contributed by atoms with Crippen molar-refractivity contribution in [2.24, 2.45) is 19.1 Å². The van der Waals surface area contributed by atoms with Crippen LogP contribution >= 0.6 is 31.9 Å². The maximum atomic E-state index is 12.1. The van der Waals surface area contributed by atoms with Crippen LogP contribution in [0.15, 0.2) is 84.2 Å². The zero-order valence-corrected chi connectivity index (χ0v) is 30.5. The number of isocyanates is 1. The van der Waals surface area contributed by atoms with Gasteiger partial charge in [-0.1, -0.05) is 24.3 Å². The van der Waals surface area contributed by atoms with Gasteiger partial charge < -0.3 is 30.2 Å². The van der Waals surface area contributed by atoms with Crippen LogP contribution in [0.5, 0.6) is 0 Å². The lowest BCUT2D eigenvalue weighted by Crippen LogP contribution is -2.28. The van der Waals surface area contributed by atoms with Gasteiger partial charge in [0.2, 0.25) is 6.08 Å². The molecule has 4 N–H and O–H groups in total. The summed E-state index contributed by atoms with van der Waals surface area (Å²) in [7, 11) is 3.41. The van der Waals surface area contributed by atoms with Gasteiger partial charge in [-0.3, -0.25) is 9.59 Å². The molecule has 13 heteroatoms. The summed E-state index contributed by atoms with van der Waals surface area (Å²) < 4.78 is 9.60. The molecule has 0 atom stereocenters. The molecule has 47 heavy (non-hydrogen) atoms. The summed E-state index contributed by atoms with van der Waals surface area (Å²) in [5.41, 5.74) is 10.7. The van der Waals surface area contributed by atoms with Gasteiger partial charge in [-0.25, -0.2) is 9.59 Å². The minimum Gasteiger partial charge on any atom is -0.394 e. The molecule has 250 valence electrons. The van der Waals surface area contributed by atoms with E-state index >= 15 is 0 Å². The van der Waals surface area contributed by atoms with Gasteiger partial charge in [0.25, 0.3) is 11.1 Å². The summed E-state index contributed by atoms with van der Waals surface area (Å²) in [5.74, 6) is 0. The lowest BCUT2D eigenvalue weighted by molar-refractivity contribution is 0.198. The van der Waals surface area contributed by atoms with Crippen LogP contribution in [-0.2, 0) is 23.6 Å². The van der Waals surface area contributed by atoms with Crippen molar-refractivity contribution in [2.45, 2.75) is 40.5 Å². The normalized spacial score (nSPS) is 11.3. The van der Waals surface area contributed by atoms with E-state index in [1.165, 1.54) is 23.5 Å². The summed E-state index contributed by atoms with van der Waals surface area (Å²) >= 11 is 6.57. The number of pyridine rings is 2. The van der Waals surface area contributed by atoms with Crippen molar-refractivity contribution in [1.29, 1.82) is 0 Å². The number of ether oxygens (including phenoxy) is 1. The first-order valence-electron chi connectivity index (χ1n) is 14.6. The highest BCUT2D eigenvalue weighted by Gasteiger charge is 2.11. The molecule has 0 radical (unpaired) electrons. The number of aliphatic imine (C=N–C) groups is 1. The van der Waals surface area contributed by atoms with E-state index in [0.29, 0.717) is 17.1 Å². The summed E-state index contributed by atoms with van der Waals surface area (Å²) in [4.78, 5) is 48.6. The second-order valence-electron chi connectivity index (χ2n) is 10.5. The number of anilines is 3. The Morgan fingerprint density at radius 2 is 1.32 bits per heavy atom. The maximum Gasteiger partial charge on any atom is 0.323 e. The second kappa shape index (κ2) is 19.4. The number of nitrogens with one attached hydrogen (secondary N) is 2. The molecule has 2 aromatic carbocycles. The number of nitrogens with two attached hydrogens (primary N) is 1. The molecule has 11 nitrogen and oxygen atoms in total. The average Bonchev–Trinajstić information content (AvgIpc) is 3.64. The number of carbonyl (C=O) groups excluding carboxylic acids is 2. The van der Waals surface area contributed by atoms with E-state index in [-0.39, 0.29) is 16.8 Å². The molecule has 0 unspecified atom stereocenters. The number of carbonyl (C=O) groups is 1. The predicted molar refractivity (Wildman–Crippen MR) is 195 cm³/mol. The molecule has 5 rings (SSSR count). The van der Waals surface area contributed by atoms with E-state index in [9.17, 15) is 19.2 Å². The van der Waals surface area contributed by atoms with E-state index < -0.39 is 6.03 Å². The Hall–Kier alpha value is -4.29. The fourth-order valence-corrected chi connectivity index (χ4v) is 4.78. The molecule has 2 aromatic heterocycles. The number of hydrogen-bond acceptors (Lipinski definition) is 7. The highest BCUT2D eigenvalue weighted by molar-refractivity contribution is 9.11. The molecule has 1 fully saturated rings. The number of amides is 2. The van der Waals surface area contributed by atoms with Crippen LogP contribution in [0.3, 0.4) is 0 Å². The number of hydrogen-bond donors (Lipinski definition) is 3. The highest BCUT2D eigenvalue weighted by Crippen LogP contribution is 2.23. The SMILES string of the molecule is C1CCOC1.Cc1cc(N)c(=O)n(C)c1C.Cc1cc(NC(=O)Nc2ccccc2Br)c(=O)n(C)c1C.O=C=Nc1ccccc1Br. The first-order chi connectivity index (χ1) is 22.3. The molecule has 4 aromatic rings. The van der Waals surface area contributed by atoms with Gasteiger partial charge in [-0.2, -0.15) is 4.99 Å². The van der Waals surface area contributed by atoms with Crippen molar-refractivity contribution in [1.82, 2.24) is 9.13 Å². The standard InChI is InChI=1S/C15H16BrN3O2.C8H12N2O.C7H4BrNO.C4H8O/c1-9-8-13(14(20)19(3)10(9)2)18-15(21)17-12-7-5-4-6-11(12)16;1-5-4-7(9)8(11)10(3)6(5)2;8-6-3-1-2-4-7(6)9-5-10;1-2-4-5-3-1/h4-8H,1-3H3,(H2,17,18,21);4H,9H2,1-3H3;1-4H;1-4H2. The molecule has 3 heterocycles. The topological polar surface area (TPSA) is 150 Å². The Balaban J connectivity index is 0.000000247. The number of nitrogen functional groups attached to an aromatic ring is 1. The van der Waals surface area contributed by atoms with Crippen molar-refractivity contribution in [3.63, 3.8) is 0 Å². The third-order valence-electron chi connectivity index (χ3n) is 7.18. The first-order valence-corrected chi connectivity index (χ1v) is 16.2. The molecule has 0 spiro atoms. The Bertz CT molecular complexity index is 1840. The molecule has 2 amide bonds. The average molecular weight is 773 g/mol. The van der Waals surface area contributed by atoms with Gasteiger partial charge in [0.05, 0.1) is 17.1 Å². The van der Waals surface area contributed by atoms with Crippen molar-refractivity contribution in [3.8, 4) is 0 Å². The molecule has 0 saturated carbocycles. The van der Waals surface area contributed by atoms with Crippen LogP contribution in [0.1, 0.15) is 35.4 Å². The van der Waals surface area contributed by atoms with Gasteiger partial charge >= 0.3 is 6.03 Å². The molecule has 1 aliphatic heterocycles. The number of para-hydroxylation sites is 2. The molecule has 0 bridgehead atoms. The zero-order chi connectivity index (χ0) is 35.1. The summed E-state index contributed by atoms with van der Waals surface area (Å²) in [6, 6.07) is 17.4. The largest absolute Gasteiger partial charge is 0.394 e. The Morgan fingerprint density at radius 1 is 0.809 bits per heavy atom. The van der Waals surface area contributed by atoms with E-state index in [0.717, 1.165) is 44.7 Å². The minimum atomic E-state index is -0.456. The lowest BCUT2D eigenvalue weighted by atomic mass is 10.2. The van der Waals surface area contributed by atoms with Crippen molar-refractivity contribution < 1.29 is 14.3 Å². The van der Waals surface area contributed by atoms with Gasteiger partial charge in [0.15, 0.2) is 0 Å². The first kappa shape index (κ1) is 38.9. The molecule has 1 aliphatic rings. The monoisotopic (exact) mass is 770 g/mol. The summed E-state index contributed by atoms with van der Waals surface area (Å²) in [5, 5.41) is 5.28. The predicted octanol–water partition coefficient (Wildman–Crippen LogP) is 7.21. The number of benzene rings is 2. The molecular weight excluding hydrogens is 732 g/mol. The van der Waals surface area contributed by atoms with Crippen LogP contribution in [0.4, 0.5) is 27.5 Å². The van der Waals surface area contributed by atoms with Crippen LogP contribution < -0.4 is 27.5 Å². The van der Waals surface area contributed by atoms with E-state index in [4.69, 9.17) is 10.5 Å². The minimum absolute atomic E-state index is 0.117. The lowest BCUT2D eigenvalue weighted by Gasteiger charge is -2.12. The Labute approximate surface area is 291 Å². The van der Waals surface area contributed by atoms with Crippen molar-refractivity contribution >= 4 is 66.7 Å². The third-order valence-corrected chi connectivity index (χ3v) is 8.55. The quantitative estimate of drug-likeness (QED) is 0.148. The highest BCUT2D eigenvalue weighted by atomic mass is 79.9. The number of urea groups is 1. The zero-order valence-electron chi connectivity index (χ0n) is 27.3. The van der Waals surface area contributed by atoms with Gasteiger partial charge in [0.1, 0.15) is 5.69 Å². The summed E-state index contributed by atoms with van der Waals surface area (Å²) in [6.07, 6.45) is 4.03. The fourth-order valence-electron chi connectivity index (χ4n) is 4.02. The fraction of sp³-hybridized carbons (Fsp3) is 0.294. The Morgan fingerprint density at radius 3 is 1.85 bits per heavy atom. The third kappa shape index (κ3) is 12.1. The van der Waals surface area contributed by atoms with Crippen LogP contribution in [0.2, 0.25) is 0 Å². The number of aryl methyl sites for hydroxylation is 2. The molecule has 1 saturated heterocycles. The van der Waals surface area contributed by atoms with E-state index in [1.54, 1.807) is 49.0 Å². The smallest absolute Gasteiger partial charge is 0.323 e. The second-order valence-corrected chi connectivity index (χ2v) is 12.2. The molecule has 0 aliphatic carbocycles. The number of nitrogens with zero attached hydrogens (tertiary/aromatic N) is 3. The van der Waals surface area contributed by atoms with Gasteiger partial charge in [0, 0.05) is 47.6 Å². The maximum absolute atomic E-state index is 12.1. The summed E-state index contributed by atoms with van der Waals surface area (Å²) in [6.45, 7) is 9.59. The van der Waals surface area contributed by atoms with Crippen molar-refractivity contribution in [2.75, 3.05) is 29.6 Å². The van der Waals surface area contributed by atoms with Crippen LogP contribution in [0, 0.1) is 27.7 Å². The number of rotatable bonds is 3. The van der Waals surface area contributed by atoms with Crippen LogP contribution in [-0.4, -0.2) is 34.5 Å². The van der Waals surface area contributed by atoms with Crippen LogP contribution in [0.25, 0.3) is 0 Å². The molecular formula is C34H40Br2N6O5. The van der Waals surface area contributed by atoms with Gasteiger partial charge in [-0.05, 0) is 120 Å². The number of halogens is 2. The van der Waals surface area contributed by atoms with E-state index in [2.05, 4.69) is 47.5 Å². The number of aromatic nitrogens is 2. The van der Waals surface area contributed by atoms with Crippen molar-refractivity contribution in [3.05, 3.63) is 113 Å².